The van der Waals surface area contributed by atoms with Gasteiger partial charge in [-0.1, -0.05) is 138 Å². The lowest BCUT2D eigenvalue weighted by Crippen LogP contribution is -2.29. The van der Waals surface area contributed by atoms with Gasteiger partial charge in [0, 0.05) is 38.9 Å². The lowest BCUT2D eigenvalue weighted by atomic mass is 9.83. The van der Waals surface area contributed by atoms with Crippen molar-refractivity contribution in [3.63, 3.8) is 0 Å². The van der Waals surface area contributed by atoms with E-state index in [1.807, 2.05) is 0 Å². The molecule has 0 bridgehead atoms. The van der Waals surface area contributed by atoms with E-state index in [0.717, 1.165) is 57.8 Å². The number of hydrogen-bond acceptors (Lipinski definition) is 3. The summed E-state index contributed by atoms with van der Waals surface area (Å²) in [7, 11) is 0. The van der Waals surface area contributed by atoms with Gasteiger partial charge in [0.25, 0.3) is 0 Å². The fourth-order valence-electron chi connectivity index (χ4n) is 7.04. The van der Waals surface area contributed by atoms with Crippen LogP contribution in [0.4, 0.5) is 0 Å². The van der Waals surface area contributed by atoms with Gasteiger partial charge in [-0.15, -0.1) is 0 Å². The Hall–Kier alpha value is -2.37. The van der Waals surface area contributed by atoms with Crippen LogP contribution in [0.2, 0.25) is 0 Å². The first-order chi connectivity index (χ1) is 23.4. The molecule has 0 heterocycles. The Morgan fingerprint density at radius 3 is 0.792 bits per heavy atom. The summed E-state index contributed by atoms with van der Waals surface area (Å²) in [6, 6.07) is 0. The van der Waals surface area contributed by atoms with E-state index < -0.39 is 0 Å². The Bertz CT molecular complexity index is 886. The van der Waals surface area contributed by atoms with E-state index in [1.54, 1.807) is 0 Å². The summed E-state index contributed by atoms with van der Waals surface area (Å²) >= 11 is 0. The van der Waals surface area contributed by atoms with E-state index in [9.17, 15) is 14.4 Å². The molecule has 1 rings (SSSR count). The molecule has 0 fully saturated rings. The van der Waals surface area contributed by atoms with Crippen molar-refractivity contribution in [3.05, 3.63) is 33.4 Å². The lowest BCUT2D eigenvalue weighted by Gasteiger charge is -2.27. The molecular weight excluding hydrogens is 594 g/mol. The van der Waals surface area contributed by atoms with E-state index in [0.29, 0.717) is 38.9 Å². The zero-order valence-electron chi connectivity index (χ0n) is 32.3. The number of rotatable bonds is 30. The third-order valence-electron chi connectivity index (χ3n) is 9.91. The number of amides is 3. The Morgan fingerprint density at radius 2 is 0.562 bits per heavy atom. The molecule has 276 valence electrons. The van der Waals surface area contributed by atoms with Crippen molar-refractivity contribution in [2.75, 3.05) is 0 Å². The normalized spacial score (nSPS) is 11.1. The van der Waals surface area contributed by atoms with Crippen molar-refractivity contribution in [1.29, 1.82) is 0 Å². The van der Waals surface area contributed by atoms with Crippen molar-refractivity contribution in [1.82, 2.24) is 16.0 Å². The number of hydrogen-bond donors (Lipinski definition) is 3. The van der Waals surface area contributed by atoms with Gasteiger partial charge in [-0.2, -0.15) is 0 Å². The molecule has 0 aliphatic carbocycles. The van der Waals surface area contributed by atoms with Crippen molar-refractivity contribution >= 4 is 17.7 Å². The summed E-state index contributed by atoms with van der Waals surface area (Å²) in [5.74, 6) is 0.324. The molecule has 0 radical (unpaired) electrons. The van der Waals surface area contributed by atoms with E-state index >= 15 is 0 Å². The fraction of sp³-hybridized carbons (Fsp3) is 0.786. The minimum atomic E-state index is 0.108. The van der Waals surface area contributed by atoms with Crippen LogP contribution >= 0.6 is 0 Å². The van der Waals surface area contributed by atoms with Gasteiger partial charge in [0.1, 0.15) is 0 Å². The highest BCUT2D eigenvalue weighted by atomic mass is 16.2. The van der Waals surface area contributed by atoms with E-state index in [2.05, 4.69) is 57.5 Å². The maximum absolute atomic E-state index is 13.0. The van der Waals surface area contributed by atoms with Gasteiger partial charge in [-0.3, -0.25) is 14.4 Å². The minimum Gasteiger partial charge on any atom is -0.352 e. The molecule has 0 saturated carbocycles. The van der Waals surface area contributed by atoms with Crippen LogP contribution in [0, 0.1) is 0 Å². The third kappa shape index (κ3) is 17.9. The molecular formula is C42H75N3O3. The summed E-state index contributed by atoms with van der Waals surface area (Å²) in [5, 5.41) is 9.77. The largest absolute Gasteiger partial charge is 0.352 e. The molecule has 48 heavy (non-hydrogen) atoms. The summed E-state index contributed by atoms with van der Waals surface area (Å²) in [5.41, 5.74) is 7.25. The number of unbranched alkanes of at least 4 members (excludes halogenated alkanes) is 15. The fourth-order valence-corrected chi connectivity index (χ4v) is 7.04. The molecule has 3 N–H and O–H groups in total. The van der Waals surface area contributed by atoms with Crippen LogP contribution in [0.25, 0.3) is 0 Å². The highest BCUT2D eigenvalue weighted by Crippen LogP contribution is 2.31. The Morgan fingerprint density at radius 1 is 0.333 bits per heavy atom. The van der Waals surface area contributed by atoms with Crippen molar-refractivity contribution in [3.8, 4) is 0 Å². The first-order valence-corrected chi connectivity index (χ1v) is 20.3. The van der Waals surface area contributed by atoms with Crippen LogP contribution in [0.15, 0.2) is 0 Å². The summed E-state index contributed by atoms with van der Waals surface area (Å²) in [6.07, 6.45) is 25.1. The van der Waals surface area contributed by atoms with Gasteiger partial charge < -0.3 is 16.0 Å². The topological polar surface area (TPSA) is 87.3 Å². The van der Waals surface area contributed by atoms with Crippen LogP contribution in [0.1, 0.15) is 210 Å². The zero-order chi connectivity index (χ0) is 35.4. The Kier molecular flexibility index (Phi) is 25.9. The number of benzene rings is 1. The lowest BCUT2D eigenvalue weighted by molar-refractivity contribution is -0.122. The Balaban J connectivity index is 3.16. The molecule has 3 amide bonds. The van der Waals surface area contributed by atoms with Gasteiger partial charge in [0.15, 0.2) is 0 Å². The standard InChI is InChI=1S/C42H75N3O3/c1-7-13-16-19-22-25-28-40(46)43-31-37-34(10-4)38(32-44-41(47)29-26-23-20-17-14-8-2)36(12-6)39(35(37)11-5)33-45-42(48)30-27-24-21-18-15-9-3/h7-33H2,1-6H3,(H,43,46)(H,44,47)(H,45,48). The number of nitrogens with one attached hydrogen (secondary N) is 3. The molecule has 6 nitrogen and oxygen atoms in total. The van der Waals surface area contributed by atoms with Crippen molar-refractivity contribution < 1.29 is 14.4 Å². The molecule has 0 unspecified atom stereocenters. The van der Waals surface area contributed by atoms with Gasteiger partial charge >= 0.3 is 0 Å². The number of carbonyl (C=O) groups excluding carboxylic acids is 3. The summed E-state index contributed by atoms with van der Waals surface area (Å²) in [4.78, 5) is 38.9. The summed E-state index contributed by atoms with van der Waals surface area (Å²) in [6.45, 7) is 14.7. The SMILES string of the molecule is CCCCCCCCC(=O)NCc1c(CC)c(CNC(=O)CCCCCCCC)c(CC)c(CNC(=O)CCCCCCCC)c1CC. The molecule has 0 aromatic heterocycles. The molecule has 1 aromatic carbocycles. The van der Waals surface area contributed by atoms with Crippen LogP contribution in [0.5, 0.6) is 0 Å². The van der Waals surface area contributed by atoms with Gasteiger partial charge in [-0.05, 0) is 71.9 Å². The minimum absolute atomic E-state index is 0.108. The smallest absolute Gasteiger partial charge is 0.220 e. The second-order valence-corrected chi connectivity index (χ2v) is 13.8. The molecule has 0 spiro atoms. The average Bonchev–Trinajstić information content (AvgIpc) is 3.09. The van der Waals surface area contributed by atoms with Crippen molar-refractivity contribution in [2.45, 2.75) is 215 Å². The predicted octanol–water partition coefficient (Wildman–Crippen LogP) is 10.5. The average molecular weight is 670 g/mol. The molecule has 6 heteroatoms. The Labute approximate surface area is 296 Å². The molecule has 0 atom stereocenters. The van der Waals surface area contributed by atoms with Crippen LogP contribution < -0.4 is 16.0 Å². The first kappa shape index (κ1) is 43.7. The maximum atomic E-state index is 13.0. The highest BCUT2D eigenvalue weighted by molar-refractivity contribution is 5.77. The molecule has 0 aliphatic rings. The second-order valence-electron chi connectivity index (χ2n) is 13.8. The molecule has 1 aromatic rings. The van der Waals surface area contributed by atoms with Gasteiger partial charge in [0.2, 0.25) is 17.7 Å². The quantitative estimate of drug-likeness (QED) is 0.0713. The number of carbonyl (C=O) groups is 3. The predicted molar refractivity (Wildman–Crippen MR) is 204 cm³/mol. The zero-order valence-corrected chi connectivity index (χ0v) is 32.3. The van der Waals surface area contributed by atoms with Crippen LogP contribution in [0.3, 0.4) is 0 Å². The van der Waals surface area contributed by atoms with Crippen LogP contribution in [-0.4, -0.2) is 17.7 Å². The highest BCUT2D eigenvalue weighted by Gasteiger charge is 2.22. The van der Waals surface area contributed by atoms with E-state index in [1.165, 1.54) is 110 Å². The van der Waals surface area contributed by atoms with Gasteiger partial charge in [0.05, 0.1) is 0 Å². The van der Waals surface area contributed by atoms with Gasteiger partial charge in [-0.25, -0.2) is 0 Å². The molecule has 0 saturated heterocycles. The second kappa shape index (κ2) is 28.5. The van der Waals surface area contributed by atoms with Crippen molar-refractivity contribution in [2.24, 2.45) is 0 Å². The maximum Gasteiger partial charge on any atom is 0.220 e. The molecule has 0 aliphatic heterocycles. The van der Waals surface area contributed by atoms with E-state index in [4.69, 9.17) is 0 Å². The first-order valence-electron chi connectivity index (χ1n) is 20.3. The third-order valence-corrected chi connectivity index (χ3v) is 9.91. The van der Waals surface area contributed by atoms with E-state index in [-0.39, 0.29) is 17.7 Å². The monoisotopic (exact) mass is 670 g/mol. The summed E-state index contributed by atoms with van der Waals surface area (Å²) < 4.78 is 0. The van der Waals surface area contributed by atoms with Crippen LogP contribution in [-0.2, 0) is 53.3 Å².